The molecule has 1 saturated heterocycles. The summed E-state index contributed by atoms with van der Waals surface area (Å²) in [6.07, 6.45) is 4.52. The molecule has 13 heteroatoms. The highest BCUT2D eigenvalue weighted by molar-refractivity contribution is 7.89. The molecule has 5 rings (SSSR count). The Morgan fingerprint density at radius 3 is 2.57 bits per heavy atom. The number of aromatic nitrogens is 4. The number of amides is 1. The molecular formula is C24H26N6O6S. The summed E-state index contributed by atoms with van der Waals surface area (Å²) in [4.78, 5) is 34.9. The second kappa shape index (κ2) is 9.23. The lowest BCUT2D eigenvalue weighted by Gasteiger charge is -2.37. The Labute approximate surface area is 212 Å². The first-order chi connectivity index (χ1) is 17.6. The molecule has 1 aromatic carbocycles. The quantitative estimate of drug-likeness (QED) is 0.367. The number of likely N-dealkylation sites (N-methyl/N-ethyl adjacent to an activating group) is 1. The molecule has 12 nitrogen and oxygen atoms in total. The van der Waals surface area contributed by atoms with Gasteiger partial charge in [0.25, 0.3) is 5.89 Å². The van der Waals surface area contributed by atoms with Gasteiger partial charge in [0.15, 0.2) is 11.4 Å². The number of benzene rings is 1. The fraction of sp³-hybridized carbons (Fsp3) is 0.375. The fourth-order valence-electron chi connectivity index (χ4n) is 4.38. The highest BCUT2D eigenvalue weighted by Gasteiger charge is 2.38. The molecule has 0 aliphatic carbocycles. The number of carbonyl (C=O) groups excluding carboxylic acids is 1. The number of rotatable bonds is 6. The van der Waals surface area contributed by atoms with Crippen LogP contribution in [-0.4, -0.2) is 69.9 Å². The predicted molar refractivity (Wildman–Crippen MR) is 132 cm³/mol. The first-order valence-electron chi connectivity index (χ1n) is 11.7. The van der Waals surface area contributed by atoms with Crippen molar-refractivity contribution in [3.63, 3.8) is 0 Å². The standard InChI is InChI=1S/C24H26N6O6S/c1-24(22-26-21(36-27-22)16-6-10-25-11-7-16)8-12-30(13-9-24)20(31)15-28(2)37(33,34)17-4-5-18-19(14-17)35-23(32)29(18)3/h4-7,10-11,14H,8-9,12-13,15H2,1-3H3. The van der Waals surface area contributed by atoms with Crippen LogP contribution in [0.5, 0.6) is 0 Å². The molecule has 0 spiro atoms. The minimum atomic E-state index is -3.98. The zero-order chi connectivity index (χ0) is 26.4. The second-order valence-corrected chi connectivity index (χ2v) is 11.5. The zero-order valence-electron chi connectivity index (χ0n) is 20.6. The van der Waals surface area contributed by atoms with Crippen molar-refractivity contribution >= 4 is 27.0 Å². The summed E-state index contributed by atoms with van der Waals surface area (Å²) in [6.45, 7) is 2.59. The van der Waals surface area contributed by atoms with Gasteiger partial charge in [-0.15, -0.1) is 0 Å². The van der Waals surface area contributed by atoms with Crippen LogP contribution in [-0.2, 0) is 27.3 Å². The molecule has 0 radical (unpaired) electrons. The molecule has 0 N–H and O–H groups in total. The van der Waals surface area contributed by atoms with Crippen LogP contribution in [0.25, 0.3) is 22.6 Å². The minimum Gasteiger partial charge on any atom is -0.408 e. The van der Waals surface area contributed by atoms with Crippen LogP contribution < -0.4 is 5.76 Å². The fourth-order valence-corrected chi connectivity index (χ4v) is 5.52. The Bertz CT molecular complexity index is 1620. The number of piperidine rings is 1. The number of pyridine rings is 1. The number of oxazole rings is 1. The topological polar surface area (TPSA) is 145 Å². The lowest BCUT2D eigenvalue weighted by molar-refractivity contribution is -0.132. The van der Waals surface area contributed by atoms with Crippen LogP contribution in [0.3, 0.4) is 0 Å². The number of carbonyl (C=O) groups is 1. The normalized spacial score (nSPS) is 15.9. The molecule has 0 saturated carbocycles. The lowest BCUT2D eigenvalue weighted by Crippen LogP contribution is -2.48. The van der Waals surface area contributed by atoms with Crippen molar-refractivity contribution in [1.82, 2.24) is 28.9 Å². The van der Waals surface area contributed by atoms with E-state index >= 15 is 0 Å². The van der Waals surface area contributed by atoms with E-state index in [0.717, 1.165) is 9.87 Å². The van der Waals surface area contributed by atoms with Gasteiger partial charge in [-0.25, -0.2) is 13.2 Å². The monoisotopic (exact) mass is 526 g/mol. The van der Waals surface area contributed by atoms with Crippen molar-refractivity contribution in [2.24, 2.45) is 7.05 Å². The van der Waals surface area contributed by atoms with E-state index in [2.05, 4.69) is 15.1 Å². The molecule has 4 heterocycles. The van der Waals surface area contributed by atoms with Gasteiger partial charge in [-0.1, -0.05) is 12.1 Å². The zero-order valence-corrected chi connectivity index (χ0v) is 21.4. The average molecular weight is 527 g/mol. The summed E-state index contributed by atoms with van der Waals surface area (Å²) >= 11 is 0. The number of hydrogen-bond acceptors (Lipinski definition) is 9. The number of sulfonamides is 1. The van der Waals surface area contributed by atoms with E-state index < -0.39 is 15.8 Å². The third-order valence-electron chi connectivity index (χ3n) is 6.94. The molecule has 37 heavy (non-hydrogen) atoms. The average Bonchev–Trinajstić information content (AvgIpc) is 3.50. The van der Waals surface area contributed by atoms with Gasteiger partial charge in [0, 0.05) is 56.6 Å². The summed E-state index contributed by atoms with van der Waals surface area (Å²) in [5, 5.41) is 4.17. The lowest BCUT2D eigenvalue weighted by atomic mass is 9.79. The van der Waals surface area contributed by atoms with Crippen LogP contribution >= 0.6 is 0 Å². The van der Waals surface area contributed by atoms with Crippen molar-refractivity contribution in [1.29, 1.82) is 0 Å². The van der Waals surface area contributed by atoms with Gasteiger partial charge >= 0.3 is 5.76 Å². The molecule has 4 aromatic rings. The number of fused-ring (bicyclic) bond motifs is 1. The second-order valence-electron chi connectivity index (χ2n) is 9.42. The van der Waals surface area contributed by atoms with Crippen molar-refractivity contribution in [2.45, 2.75) is 30.1 Å². The van der Waals surface area contributed by atoms with Gasteiger partial charge in [0.1, 0.15) is 0 Å². The summed E-state index contributed by atoms with van der Waals surface area (Å²) in [5.41, 5.74) is 1.05. The minimum absolute atomic E-state index is 0.0574. The molecule has 0 unspecified atom stereocenters. The van der Waals surface area contributed by atoms with E-state index in [0.29, 0.717) is 43.2 Å². The van der Waals surface area contributed by atoms with E-state index in [9.17, 15) is 18.0 Å². The number of likely N-dealkylation sites (tertiary alicyclic amines) is 1. The summed E-state index contributed by atoms with van der Waals surface area (Å²) in [6, 6.07) is 7.78. The van der Waals surface area contributed by atoms with Gasteiger partial charge in [-0.2, -0.15) is 9.29 Å². The Hall–Kier alpha value is -3.84. The predicted octanol–water partition coefficient (Wildman–Crippen LogP) is 1.78. The van der Waals surface area contributed by atoms with Crippen LogP contribution in [0, 0.1) is 0 Å². The van der Waals surface area contributed by atoms with Crippen molar-refractivity contribution in [2.75, 3.05) is 26.7 Å². The number of nitrogens with zero attached hydrogens (tertiary/aromatic N) is 6. The van der Waals surface area contributed by atoms with E-state index in [1.807, 2.05) is 6.92 Å². The molecule has 1 aliphatic rings. The molecule has 1 aliphatic heterocycles. The Morgan fingerprint density at radius 2 is 1.86 bits per heavy atom. The highest BCUT2D eigenvalue weighted by Crippen LogP contribution is 2.34. The van der Waals surface area contributed by atoms with Crippen LogP contribution in [0.4, 0.5) is 0 Å². The molecular weight excluding hydrogens is 500 g/mol. The summed E-state index contributed by atoms with van der Waals surface area (Å²) in [5.74, 6) is 0.108. The van der Waals surface area contributed by atoms with Crippen molar-refractivity contribution in [3.8, 4) is 11.5 Å². The van der Waals surface area contributed by atoms with Gasteiger partial charge in [-0.05, 0) is 37.1 Å². The van der Waals surface area contributed by atoms with E-state index in [1.54, 1.807) is 29.4 Å². The molecule has 0 atom stereocenters. The molecule has 1 amide bonds. The van der Waals surface area contributed by atoms with Gasteiger partial charge in [0.2, 0.25) is 15.9 Å². The maximum absolute atomic E-state index is 13.1. The third-order valence-corrected chi connectivity index (χ3v) is 8.74. The van der Waals surface area contributed by atoms with E-state index in [1.165, 1.54) is 36.9 Å². The first-order valence-corrected chi connectivity index (χ1v) is 13.1. The van der Waals surface area contributed by atoms with Gasteiger partial charge in [-0.3, -0.25) is 14.3 Å². The first kappa shape index (κ1) is 24.8. The summed E-state index contributed by atoms with van der Waals surface area (Å²) < 4.78 is 39.0. The highest BCUT2D eigenvalue weighted by atomic mass is 32.2. The number of aryl methyl sites for hydroxylation is 1. The van der Waals surface area contributed by atoms with Gasteiger partial charge < -0.3 is 13.8 Å². The summed E-state index contributed by atoms with van der Waals surface area (Å²) in [7, 11) is -1.09. The van der Waals surface area contributed by atoms with Crippen LogP contribution in [0.1, 0.15) is 25.6 Å². The van der Waals surface area contributed by atoms with Crippen molar-refractivity contribution in [3.05, 3.63) is 59.1 Å². The Balaban J connectivity index is 1.23. The molecule has 3 aromatic heterocycles. The molecule has 1 fully saturated rings. The smallest absolute Gasteiger partial charge is 0.408 e. The van der Waals surface area contributed by atoms with Crippen LogP contribution in [0.15, 0.2) is 61.4 Å². The van der Waals surface area contributed by atoms with E-state index in [4.69, 9.17) is 8.94 Å². The SMILES string of the molecule is CN(CC(=O)N1CCC(C)(c2noc(-c3ccncc3)n2)CC1)S(=O)(=O)c1ccc2c(c1)oc(=O)n2C. The van der Waals surface area contributed by atoms with Gasteiger partial charge in [0.05, 0.1) is 17.0 Å². The van der Waals surface area contributed by atoms with Crippen LogP contribution in [0.2, 0.25) is 0 Å². The largest absolute Gasteiger partial charge is 0.419 e. The maximum Gasteiger partial charge on any atom is 0.419 e. The Morgan fingerprint density at radius 1 is 1.16 bits per heavy atom. The molecule has 0 bridgehead atoms. The van der Waals surface area contributed by atoms with E-state index in [-0.39, 0.29) is 28.3 Å². The maximum atomic E-state index is 13.1. The molecule has 194 valence electrons. The number of hydrogen-bond donors (Lipinski definition) is 0. The third kappa shape index (κ3) is 4.55. The Kier molecular flexibility index (Phi) is 6.20. The van der Waals surface area contributed by atoms with Crippen molar-refractivity contribution < 1.29 is 22.2 Å².